The molecule has 102 valence electrons. The van der Waals surface area contributed by atoms with Crippen molar-refractivity contribution in [2.75, 3.05) is 31.5 Å². The van der Waals surface area contributed by atoms with Gasteiger partial charge in [-0.3, -0.25) is 4.79 Å². The molecule has 3 amide bonds. The molecule has 1 aliphatic rings. The normalized spacial score (nSPS) is 15.2. The van der Waals surface area contributed by atoms with Gasteiger partial charge in [0.1, 0.15) is 5.75 Å². The van der Waals surface area contributed by atoms with Crippen LogP contribution in [0.3, 0.4) is 0 Å². The third-order valence-electron chi connectivity index (χ3n) is 3.11. The molecule has 1 aliphatic heterocycles. The largest absolute Gasteiger partial charge is 0.508 e. The van der Waals surface area contributed by atoms with Gasteiger partial charge < -0.3 is 20.2 Å². The maximum atomic E-state index is 12.0. The second kappa shape index (κ2) is 5.60. The van der Waals surface area contributed by atoms with E-state index in [2.05, 4.69) is 5.32 Å². The van der Waals surface area contributed by atoms with Gasteiger partial charge in [-0.05, 0) is 12.1 Å². The van der Waals surface area contributed by atoms with Crippen molar-refractivity contribution in [3.8, 4) is 5.75 Å². The molecular weight excluding hydrogens is 246 g/mol. The zero-order valence-electron chi connectivity index (χ0n) is 10.8. The summed E-state index contributed by atoms with van der Waals surface area (Å²) in [6.45, 7) is 3.68. The van der Waals surface area contributed by atoms with E-state index in [1.54, 1.807) is 28.0 Å². The molecule has 0 unspecified atom stereocenters. The van der Waals surface area contributed by atoms with Crippen molar-refractivity contribution in [3.63, 3.8) is 0 Å². The number of urea groups is 1. The first kappa shape index (κ1) is 13.2. The lowest BCUT2D eigenvalue weighted by Crippen LogP contribution is -2.51. The Labute approximate surface area is 111 Å². The summed E-state index contributed by atoms with van der Waals surface area (Å²) >= 11 is 0. The van der Waals surface area contributed by atoms with Crippen LogP contribution in [0.5, 0.6) is 5.75 Å². The number of amides is 3. The lowest BCUT2D eigenvalue weighted by molar-refractivity contribution is -0.130. The second-order valence-corrected chi connectivity index (χ2v) is 4.47. The van der Waals surface area contributed by atoms with Gasteiger partial charge in [-0.1, -0.05) is 6.07 Å². The third-order valence-corrected chi connectivity index (χ3v) is 3.11. The first-order chi connectivity index (χ1) is 9.06. The van der Waals surface area contributed by atoms with Crippen LogP contribution in [-0.2, 0) is 4.79 Å². The summed E-state index contributed by atoms with van der Waals surface area (Å²) in [7, 11) is 0. The number of nitrogens with one attached hydrogen (secondary N) is 1. The lowest BCUT2D eigenvalue weighted by atomic mass is 10.3. The Hall–Kier alpha value is -2.24. The first-order valence-corrected chi connectivity index (χ1v) is 6.17. The van der Waals surface area contributed by atoms with E-state index in [1.807, 2.05) is 0 Å². The van der Waals surface area contributed by atoms with Gasteiger partial charge in [0.2, 0.25) is 5.91 Å². The maximum absolute atomic E-state index is 12.0. The molecule has 19 heavy (non-hydrogen) atoms. The maximum Gasteiger partial charge on any atom is 0.321 e. The molecule has 0 saturated carbocycles. The van der Waals surface area contributed by atoms with E-state index in [4.69, 9.17) is 0 Å². The number of anilines is 1. The number of hydrogen-bond acceptors (Lipinski definition) is 3. The van der Waals surface area contributed by atoms with E-state index in [9.17, 15) is 14.7 Å². The van der Waals surface area contributed by atoms with Crippen LogP contribution in [0, 0.1) is 0 Å². The molecule has 0 aromatic heterocycles. The van der Waals surface area contributed by atoms with Crippen LogP contribution in [-0.4, -0.2) is 53.0 Å². The Morgan fingerprint density at radius 1 is 1.16 bits per heavy atom. The zero-order chi connectivity index (χ0) is 13.8. The monoisotopic (exact) mass is 263 g/mol. The van der Waals surface area contributed by atoms with Gasteiger partial charge in [0.05, 0.1) is 0 Å². The van der Waals surface area contributed by atoms with Crippen molar-refractivity contribution in [2.45, 2.75) is 6.92 Å². The lowest BCUT2D eigenvalue weighted by Gasteiger charge is -2.34. The van der Waals surface area contributed by atoms with Gasteiger partial charge in [0, 0.05) is 44.9 Å². The smallest absolute Gasteiger partial charge is 0.321 e. The molecule has 1 aromatic rings. The molecule has 6 heteroatoms. The number of phenols is 1. The average Bonchev–Trinajstić information content (AvgIpc) is 2.39. The zero-order valence-corrected chi connectivity index (χ0v) is 10.8. The molecule has 2 N–H and O–H groups in total. The molecule has 6 nitrogen and oxygen atoms in total. The standard InChI is InChI=1S/C13H17N3O3/c1-10(17)15-5-7-16(8-6-15)13(19)14-11-3-2-4-12(18)9-11/h2-4,9,18H,5-8H2,1H3,(H,14,19). The van der Waals surface area contributed by atoms with Gasteiger partial charge in [-0.25, -0.2) is 4.79 Å². The minimum atomic E-state index is -0.214. The Balaban J connectivity index is 1.90. The van der Waals surface area contributed by atoms with Crippen LogP contribution in [0.4, 0.5) is 10.5 Å². The van der Waals surface area contributed by atoms with E-state index in [-0.39, 0.29) is 17.7 Å². The van der Waals surface area contributed by atoms with E-state index in [0.29, 0.717) is 31.9 Å². The molecular formula is C13H17N3O3. The molecule has 2 rings (SSSR count). The molecule has 0 spiro atoms. The molecule has 1 saturated heterocycles. The Morgan fingerprint density at radius 2 is 1.79 bits per heavy atom. The quantitative estimate of drug-likeness (QED) is 0.796. The van der Waals surface area contributed by atoms with Crippen molar-refractivity contribution in [2.24, 2.45) is 0 Å². The summed E-state index contributed by atoms with van der Waals surface area (Å²) < 4.78 is 0. The summed E-state index contributed by atoms with van der Waals surface area (Å²) in [4.78, 5) is 26.5. The summed E-state index contributed by atoms with van der Waals surface area (Å²) in [6.07, 6.45) is 0. The number of carbonyl (C=O) groups excluding carboxylic acids is 2. The van der Waals surface area contributed by atoms with Gasteiger partial charge in [0.15, 0.2) is 0 Å². The number of rotatable bonds is 1. The van der Waals surface area contributed by atoms with Crippen molar-refractivity contribution in [1.29, 1.82) is 0 Å². The summed E-state index contributed by atoms with van der Waals surface area (Å²) in [6, 6.07) is 6.20. The van der Waals surface area contributed by atoms with Gasteiger partial charge in [-0.15, -0.1) is 0 Å². The highest BCUT2D eigenvalue weighted by atomic mass is 16.3. The van der Waals surface area contributed by atoms with Crippen molar-refractivity contribution < 1.29 is 14.7 Å². The van der Waals surface area contributed by atoms with Crippen LogP contribution in [0.15, 0.2) is 24.3 Å². The molecule has 0 atom stereocenters. The van der Waals surface area contributed by atoms with Gasteiger partial charge >= 0.3 is 6.03 Å². The fraction of sp³-hybridized carbons (Fsp3) is 0.385. The van der Waals surface area contributed by atoms with Crippen LogP contribution in [0.25, 0.3) is 0 Å². The predicted molar refractivity (Wildman–Crippen MR) is 71.0 cm³/mol. The minimum Gasteiger partial charge on any atom is -0.508 e. The highest BCUT2D eigenvalue weighted by Crippen LogP contribution is 2.16. The summed E-state index contributed by atoms with van der Waals surface area (Å²) in [5.41, 5.74) is 0.555. The van der Waals surface area contributed by atoms with Crippen molar-refractivity contribution in [3.05, 3.63) is 24.3 Å². The van der Waals surface area contributed by atoms with Crippen molar-refractivity contribution >= 4 is 17.6 Å². The first-order valence-electron chi connectivity index (χ1n) is 6.17. The van der Waals surface area contributed by atoms with E-state index in [1.165, 1.54) is 13.0 Å². The third kappa shape index (κ3) is 3.37. The van der Waals surface area contributed by atoms with E-state index >= 15 is 0 Å². The Kier molecular flexibility index (Phi) is 3.89. The van der Waals surface area contributed by atoms with E-state index in [0.717, 1.165) is 0 Å². The molecule has 1 aromatic carbocycles. The Morgan fingerprint density at radius 3 is 2.37 bits per heavy atom. The molecule has 0 aliphatic carbocycles. The number of piperazine rings is 1. The number of nitrogens with zero attached hydrogens (tertiary/aromatic N) is 2. The van der Waals surface area contributed by atoms with Crippen molar-refractivity contribution in [1.82, 2.24) is 9.80 Å². The number of carbonyl (C=O) groups is 2. The number of benzene rings is 1. The summed E-state index contributed by atoms with van der Waals surface area (Å²) in [5, 5.41) is 12.0. The molecule has 1 fully saturated rings. The highest BCUT2D eigenvalue weighted by Gasteiger charge is 2.22. The van der Waals surface area contributed by atoms with Gasteiger partial charge in [0.25, 0.3) is 0 Å². The van der Waals surface area contributed by atoms with Crippen LogP contribution < -0.4 is 5.32 Å². The minimum absolute atomic E-state index is 0.0352. The van der Waals surface area contributed by atoms with E-state index < -0.39 is 0 Å². The number of hydrogen-bond donors (Lipinski definition) is 2. The molecule has 0 bridgehead atoms. The number of aromatic hydroxyl groups is 1. The second-order valence-electron chi connectivity index (χ2n) is 4.47. The topological polar surface area (TPSA) is 72.9 Å². The highest BCUT2D eigenvalue weighted by molar-refractivity contribution is 5.89. The number of phenolic OH excluding ortho intramolecular Hbond substituents is 1. The fourth-order valence-electron chi connectivity index (χ4n) is 2.01. The predicted octanol–water partition coefficient (Wildman–Crippen LogP) is 1.09. The summed E-state index contributed by atoms with van der Waals surface area (Å²) in [5.74, 6) is 0.146. The van der Waals surface area contributed by atoms with Crippen LogP contribution in [0.1, 0.15) is 6.92 Å². The Bertz CT molecular complexity index is 482. The van der Waals surface area contributed by atoms with Crippen LogP contribution in [0.2, 0.25) is 0 Å². The molecule has 0 radical (unpaired) electrons. The average molecular weight is 263 g/mol. The van der Waals surface area contributed by atoms with Gasteiger partial charge in [-0.2, -0.15) is 0 Å². The fourth-order valence-corrected chi connectivity index (χ4v) is 2.01. The molecule has 1 heterocycles. The van der Waals surface area contributed by atoms with Crippen LogP contribution >= 0.6 is 0 Å². The SMILES string of the molecule is CC(=O)N1CCN(C(=O)Nc2cccc(O)c2)CC1.